The minimum Gasteiger partial charge on any atom is -0.381 e. The van der Waals surface area contributed by atoms with Gasteiger partial charge in [0.15, 0.2) is 11.6 Å². The number of hydrogen-bond donors (Lipinski definition) is 4. The van der Waals surface area contributed by atoms with Gasteiger partial charge in [0.2, 0.25) is 0 Å². The number of nitrogens with zero attached hydrogens (tertiary/aromatic N) is 4. The molecule has 2 aliphatic heterocycles. The summed E-state index contributed by atoms with van der Waals surface area (Å²) in [7, 11) is 0. The van der Waals surface area contributed by atoms with Crippen molar-refractivity contribution < 1.29 is 4.74 Å². The topological polar surface area (TPSA) is 132 Å². The summed E-state index contributed by atoms with van der Waals surface area (Å²) >= 11 is 0. The number of nitrogens with one attached hydrogen (secondary N) is 2. The van der Waals surface area contributed by atoms with E-state index in [0.29, 0.717) is 5.69 Å². The molecule has 2 aromatic heterocycles. The Hall–Kier alpha value is -2.39. The van der Waals surface area contributed by atoms with Crippen LogP contribution in [0.2, 0.25) is 0 Å². The van der Waals surface area contributed by atoms with Crippen molar-refractivity contribution in [2.24, 2.45) is 16.5 Å². The van der Waals surface area contributed by atoms with Crippen LogP contribution in [0, 0.1) is 6.92 Å². The van der Waals surface area contributed by atoms with E-state index in [1.807, 2.05) is 17.7 Å². The average molecular weight is 316 g/mol. The molecule has 9 nitrogen and oxygen atoms in total. The highest BCUT2D eigenvalue weighted by atomic mass is 16.5. The first-order chi connectivity index (χ1) is 11.1. The molecule has 0 bridgehead atoms. The fourth-order valence-electron chi connectivity index (χ4n) is 3.18. The Bertz CT molecular complexity index is 757. The zero-order chi connectivity index (χ0) is 16.0. The monoisotopic (exact) mass is 316 g/mol. The first-order valence-corrected chi connectivity index (χ1v) is 7.67. The SMILES string of the molecule is Cc1cc(C2(N)N=C(N)Nc3c2cnn3C2CCOCC2)n[nH]1. The lowest BCUT2D eigenvalue weighted by atomic mass is 9.98. The Labute approximate surface area is 133 Å². The van der Waals surface area contributed by atoms with Crippen LogP contribution in [-0.2, 0) is 10.4 Å². The Balaban J connectivity index is 1.80. The Morgan fingerprint density at radius 1 is 1.39 bits per heavy atom. The average Bonchev–Trinajstić information content (AvgIpc) is 3.15. The molecule has 1 fully saturated rings. The lowest BCUT2D eigenvalue weighted by molar-refractivity contribution is 0.0668. The molecule has 0 spiro atoms. The van der Waals surface area contributed by atoms with Crippen molar-refractivity contribution in [2.45, 2.75) is 31.5 Å². The fraction of sp³-hybridized carbons (Fsp3) is 0.500. The number of rotatable bonds is 2. The molecule has 0 radical (unpaired) electrons. The van der Waals surface area contributed by atoms with E-state index >= 15 is 0 Å². The van der Waals surface area contributed by atoms with E-state index in [2.05, 4.69) is 25.6 Å². The van der Waals surface area contributed by atoms with Crippen LogP contribution < -0.4 is 16.8 Å². The van der Waals surface area contributed by atoms with Crippen molar-refractivity contribution in [3.63, 3.8) is 0 Å². The van der Waals surface area contributed by atoms with Crippen molar-refractivity contribution >= 4 is 11.8 Å². The van der Waals surface area contributed by atoms with Crippen molar-refractivity contribution in [3.8, 4) is 0 Å². The maximum atomic E-state index is 6.57. The van der Waals surface area contributed by atoms with Gasteiger partial charge in [-0.15, -0.1) is 0 Å². The quantitative estimate of drug-likeness (QED) is 0.624. The van der Waals surface area contributed by atoms with Gasteiger partial charge in [-0.2, -0.15) is 10.2 Å². The predicted octanol–water partition coefficient (Wildman–Crippen LogP) is 0.166. The molecule has 1 saturated heterocycles. The van der Waals surface area contributed by atoms with Crippen molar-refractivity contribution in [1.82, 2.24) is 20.0 Å². The molecule has 1 unspecified atom stereocenters. The van der Waals surface area contributed by atoms with Gasteiger partial charge < -0.3 is 15.8 Å². The number of ether oxygens (including phenoxy) is 1. The number of guanidine groups is 1. The highest BCUT2D eigenvalue weighted by Gasteiger charge is 2.40. The third kappa shape index (κ3) is 2.20. The van der Waals surface area contributed by atoms with Gasteiger partial charge in [-0.25, -0.2) is 9.67 Å². The van der Waals surface area contributed by atoms with Crippen molar-refractivity contribution in [2.75, 3.05) is 18.5 Å². The smallest absolute Gasteiger partial charge is 0.196 e. The maximum Gasteiger partial charge on any atom is 0.196 e. The highest BCUT2D eigenvalue weighted by molar-refractivity contribution is 5.95. The van der Waals surface area contributed by atoms with Crippen LogP contribution in [-0.4, -0.2) is 39.2 Å². The summed E-state index contributed by atoms with van der Waals surface area (Å²) < 4.78 is 7.37. The van der Waals surface area contributed by atoms with Gasteiger partial charge in [-0.3, -0.25) is 10.8 Å². The van der Waals surface area contributed by atoms with Gasteiger partial charge in [0.25, 0.3) is 0 Å². The van der Waals surface area contributed by atoms with Crippen molar-refractivity contribution in [1.29, 1.82) is 0 Å². The zero-order valence-corrected chi connectivity index (χ0v) is 12.9. The van der Waals surface area contributed by atoms with Crippen LogP contribution in [0.25, 0.3) is 0 Å². The third-order valence-electron chi connectivity index (χ3n) is 4.38. The van der Waals surface area contributed by atoms with Crippen LogP contribution in [0.3, 0.4) is 0 Å². The normalized spacial score (nSPS) is 24.9. The minimum atomic E-state index is -1.14. The van der Waals surface area contributed by atoms with Crippen LogP contribution in [0.5, 0.6) is 0 Å². The van der Waals surface area contributed by atoms with Gasteiger partial charge >= 0.3 is 0 Å². The Kier molecular flexibility index (Phi) is 3.13. The molecule has 0 saturated carbocycles. The van der Waals surface area contributed by atoms with E-state index in [4.69, 9.17) is 16.2 Å². The number of aliphatic imine (C=N–C) groups is 1. The molecule has 4 heterocycles. The summed E-state index contributed by atoms with van der Waals surface area (Å²) in [6.45, 7) is 3.38. The Morgan fingerprint density at radius 3 is 2.87 bits per heavy atom. The van der Waals surface area contributed by atoms with Gasteiger partial charge in [-0.05, 0) is 25.8 Å². The second-order valence-corrected chi connectivity index (χ2v) is 6.02. The molecule has 9 heteroatoms. The molecule has 4 rings (SSSR count). The summed E-state index contributed by atoms with van der Waals surface area (Å²) in [5.74, 6) is 1.04. The number of aryl methyl sites for hydroxylation is 1. The summed E-state index contributed by atoms with van der Waals surface area (Å²) in [4.78, 5) is 4.40. The standard InChI is InChI=1S/C14H20N8O/c1-8-6-11(21-20-8)14(16)10-7-17-22(9-2-4-23-5-3-9)12(10)18-13(15)19-14/h6-7,9H,2-5,16H2,1H3,(H,20,21)(H3,15,18,19). The number of fused-ring (bicyclic) bond motifs is 1. The van der Waals surface area contributed by atoms with Gasteiger partial charge in [0, 0.05) is 18.9 Å². The lowest BCUT2D eigenvalue weighted by Gasteiger charge is -2.30. The third-order valence-corrected chi connectivity index (χ3v) is 4.38. The molecule has 0 aliphatic carbocycles. The molecular formula is C14H20N8O. The molecule has 122 valence electrons. The van der Waals surface area contributed by atoms with E-state index in [1.165, 1.54) is 0 Å². The second-order valence-electron chi connectivity index (χ2n) is 6.02. The second kappa shape index (κ2) is 5.07. The summed E-state index contributed by atoms with van der Waals surface area (Å²) in [5.41, 5.74) is 13.7. The first kappa shape index (κ1) is 14.2. The molecular weight excluding hydrogens is 296 g/mol. The predicted molar refractivity (Wildman–Crippen MR) is 84.9 cm³/mol. The lowest BCUT2D eigenvalue weighted by Crippen LogP contribution is -2.44. The summed E-state index contributed by atoms with van der Waals surface area (Å²) in [6.07, 6.45) is 3.57. The Morgan fingerprint density at radius 2 is 2.17 bits per heavy atom. The number of hydrogen-bond acceptors (Lipinski definition) is 7. The first-order valence-electron chi connectivity index (χ1n) is 7.67. The highest BCUT2D eigenvalue weighted by Crippen LogP contribution is 2.38. The summed E-state index contributed by atoms with van der Waals surface area (Å²) in [5, 5.41) is 14.8. The van der Waals surface area contributed by atoms with E-state index in [-0.39, 0.29) is 12.0 Å². The number of nitrogens with two attached hydrogens (primary N) is 2. The molecule has 23 heavy (non-hydrogen) atoms. The molecule has 6 N–H and O–H groups in total. The zero-order valence-electron chi connectivity index (χ0n) is 12.9. The largest absolute Gasteiger partial charge is 0.381 e. The molecule has 1 atom stereocenters. The molecule has 2 aromatic rings. The van der Waals surface area contributed by atoms with Gasteiger partial charge in [0.05, 0.1) is 17.8 Å². The van der Waals surface area contributed by atoms with E-state index < -0.39 is 5.66 Å². The summed E-state index contributed by atoms with van der Waals surface area (Å²) in [6, 6.07) is 2.13. The fourth-order valence-corrected chi connectivity index (χ4v) is 3.18. The minimum absolute atomic E-state index is 0.259. The van der Waals surface area contributed by atoms with Crippen LogP contribution >= 0.6 is 0 Å². The molecule has 2 aliphatic rings. The van der Waals surface area contributed by atoms with Crippen LogP contribution in [0.4, 0.5) is 5.82 Å². The number of aromatic amines is 1. The number of anilines is 1. The van der Waals surface area contributed by atoms with Crippen LogP contribution in [0.1, 0.15) is 35.8 Å². The van der Waals surface area contributed by atoms with Crippen LogP contribution in [0.15, 0.2) is 17.3 Å². The number of aromatic nitrogens is 4. The van der Waals surface area contributed by atoms with E-state index in [1.54, 1.807) is 6.20 Å². The van der Waals surface area contributed by atoms with Crippen molar-refractivity contribution in [3.05, 3.63) is 29.2 Å². The number of H-pyrrole nitrogens is 1. The van der Waals surface area contributed by atoms with Gasteiger partial charge in [-0.1, -0.05) is 0 Å². The molecule has 0 aromatic carbocycles. The van der Waals surface area contributed by atoms with E-state index in [0.717, 1.165) is 43.1 Å². The molecule has 0 amide bonds. The van der Waals surface area contributed by atoms with Gasteiger partial charge in [0.1, 0.15) is 11.5 Å². The van der Waals surface area contributed by atoms with E-state index in [9.17, 15) is 0 Å². The maximum absolute atomic E-state index is 6.57.